The number of nitrogens with two attached hydrogens (primary N) is 1. The van der Waals surface area contributed by atoms with E-state index in [1.54, 1.807) is 48.9 Å². The highest BCUT2D eigenvalue weighted by Gasteiger charge is 2.27. The largest absolute Gasteiger partial charge is 0.490 e. The third-order valence-corrected chi connectivity index (χ3v) is 5.98. The van der Waals surface area contributed by atoms with E-state index in [0.29, 0.717) is 22.7 Å². The van der Waals surface area contributed by atoms with Crippen LogP contribution in [0.5, 0.6) is 5.75 Å². The van der Waals surface area contributed by atoms with Crippen molar-refractivity contribution >= 4 is 27.6 Å². The fourth-order valence-corrected chi connectivity index (χ4v) is 4.35. The summed E-state index contributed by atoms with van der Waals surface area (Å²) in [6.07, 6.45) is 5.80. The lowest BCUT2D eigenvalue weighted by molar-refractivity contribution is 0.0880. The van der Waals surface area contributed by atoms with Crippen molar-refractivity contribution in [2.45, 2.75) is 32.7 Å². The van der Waals surface area contributed by atoms with Crippen molar-refractivity contribution in [3.63, 3.8) is 0 Å². The van der Waals surface area contributed by atoms with Crippen LogP contribution in [0.4, 0.5) is 5.69 Å². The number of aryl methyl sites for hydroxylation is 1. The lowest BCUT2D eigenvalue weighted by Crippen LogP contribution is -2.48. The molecule has 0 saturated carbocycles. The van der Waals surface area contributed by atoms with Gasteiger partial charge in [0.2, 0.25) is 0 Å². The van der Waals surface area contributed by atoms with Gasteiger partial charge in [-0.2, -0.15) is 8.42 Å². The predicted octanol–water partition coefficient (Wildman–Crippen LogP) is 1.79. The van der Waals surface area contributed by atoms with Gasteiger partial charge in [-0.05, 0) is 38.1 Å². The highest BCUT2D eigenvalue weighted by atomic mass is 32.2. The normalized spacial score (nSPS) is 14.5. The van der Waals surface area contributed by atoms with Gasteiger partial charge in [0.1, 0.15) is 24.0 Å². The zero-order valence-electron chi connectivity index (χ0n) is 18.9. The number of hydrogen-bond acceptors (Lipinski definition) is 7. The number of ether oxygens (including phenoxy) is 1. The molecule has 178 valence electrons. The SMILES string of the molecule is CCc1nccn1-c1cc(C(=O)NC(C)(C)COc2cccc3c2C(N)=NS(=O)(=O)N3)ccn1. The third kappa shape index (κ3) is 4.86. The Balaban J connectivity index is 1.48. The molecule has 3 aromatic rings. The Bertz CT molecular complexity index is 1380. The molecule has 11 nitrogen and oxygen atoms in total. The van der Waals surface area contributed by atoms with Crippen LogP contribution in [0.2, 0.25) is 0 Å². The molecule has 12 heteroatoms. The summed E-state index contributed by atoms with van der Waals surface area (Å²) >= 11 is 0. The molecular weight excluding hydrogens is 458 g/mol. The molecule has 4 rings (SSSR count). The van der Waals surface area contributed by atoms with Crippen molar-refractivity contribution in [1.29, 1.82) is 0 Å². The quantitative estimate of drug-likeness (QED) is 0.463. The average molecular weight is 484 g/mol. The number of aromatic nitrogens is 3. The topological polar surface area (TPSA) is 154 Å². The predicted molar refractivity (Wildman–Crippen MR) is 127 cm³/mol. The fourth-order valence-electron chi connectivity index (χ4n) is 3.51. The van der Waals surface area contributed by atoms with Crippen LogP contribution in [0.3, 0.4) is 0 Å². The van der Waals surface area contributed by atoms with Gasteiger partial charge in [0.25, 0.3) is 5.91 Å². The molecule has 1 aliphatic rings. The van der Waals surface area contributed by atoms with E-state index in [9.17, 15) is 13.2 Å². The van der Waals surface area contributed by atoms with Gasteiger partial charge in [0.15, 0.2) is 5.84 Å². The number of amidine groups is 1. The van der Waals surface area contributed by atoms with Crippen LogP contribution in [0, 0.1) is 0 Å². The van der Waals surface area contributed by atoms with E-state index >= 15 is 0 Å². The number of hydrogen-bond donors (Lipinski definition) is 3. The second-order valence-corrected chi connectivity index (χ2v) is 9.67. The average Bonchev–Trinajstić information content (AvgIpc) is 3.25. The lowest BCUT2D eigenvalue weighted by Gasteiger charge is -2.27. The number of nitrogens with one attached hydrogen (secondary N) is 2. The summed E-state index contributed by atoms with van der Waals surface area (Å²) < 4.78 is 37.1. The van der Waals surface area contributed by atoms with Gasteiger partial charge in [-0.1, -0.05) is 13.0 Å². The summed E-state index contributed by atoms with van der Waals surface area (Å²) in [6.45, 7) is 5.71. The van der Waals surface area contributed by atoms with Crippen molar-refractivity contribution in [3.8, 4) is 11.6 Å². The Kier molecular flexibility index (Phi) is 6.00. The molecule has 1 aliphatic heterocycles. The number of anilines is 1. The maximum Gasteiger partial charge on any atom is 0.344 e. The van der Waals surface area contributed by atoms with Crippen LogP contribution in [0.15, 0.2) is 53.3 Å². The van der Waals surface area contributed by atoms with E-state index < -0.39 is 15.7 Å². The van der Waals surface area contributed by atoms with E-state index in [2.05, 4.69) is 24.4 Å². The van der Waals surface area contributed by atoms with E-state index in [1.807, 2.05) is 25.3 Å². The third-order valence-electron chi connectivity index (χ3n) is 5.07. The first-order valence-corrected chi connectivity index (χ1v) is 12.0. The Morgan fingerprint density at radius 1 is 1.24 bits per heavy atom. The van der Waals surface area contributed by atoms with Gasteiger partial charge in [-0.25, -0.2) is 9.97 Å². The highest BCUT2D eigenvalue weighted by molar-refractivity contribution is 7.91. The van der Waals surface area contributed by atoms with Crippen molar-refractivity contribution < 1.29 is 17.9 Å². The summed E-state index contributed by atoms with van der Waals surface area (Å²) in [5, 5.41) is 2.96. The van der Waals surface area contributed by atoms with E-state index in [0.717, 1.165) is 12.2 Å². The molecule has 0 saturated heterocycles. The molecule has 0 unspecified atom stereocenters. The molecule has 0 fully saturated rings. The van der Waals surface area contributed by atoms with Crippen LogP contribution >= 0.6 is 0 Å². The Morgan fingerprint density at radius 3 is 2.79 bits per heavy atom. The summed E-state index contributed by atoms with van der Waals surface area (Å²) in [5.74, 6) is 1.34. The smallest absolute Gasteiger partial charge is 0.344 e. The number of fused-ring (bicyclic) bond motifs is 1. The minimum Gasteiger partial charge on any atom is -0.490 e. The molecule has 0 spiro atoms. The number of benzene rings is 1. The minimum atomic E-state index is -3.89. The molecule has 2 aromatic heterocycles. The standard InChI is InChI=1S/C22H25N7O4S/c1-4-17-25-10-11-29(17)18-12-14(8-9-24-18)21(30)26-22(2,3)13-33-16-7-5-6-15-19(16)20(23)28-34(31,32)27-15/h5-12,27H,4,13H2,1-3H3,(H2,23,28)(H,26,30). The Morgan fingerprint density at radius 2 is 2.03 bits per heavy atom. The van der Waals surface area contributed by atoms with Crippen molar-refractivity contribution in [1.82, 2.24) is 19.9 Å². The van der Waals surface area contributed by atoms with E-state index in [-0.39, 0.29) is 24.0 Å². The molecule has 4 N–H and O–H groups in total. The maximum atomic E-state index is 13.0. The zero-order valence-corrected chi connectivity index (χ0v) is 19.8. The number of imidazole rings is 1. The molecule has 3 heterocycles. The highest BCUT2D eigenvalue weighted by Crippen LogP contribution is 2.30. The Labute approximate surface area is 197 Å². The van der Waals surface area contributed by atoms with Crippen molar-refractivity contribution in [3.05, 3.63) is 65.9 Å². The maximum absolute atomic E-state index is 13.0. The first kappa shape index (κ1) is 23.2. The molecule has 0 atom stereocenters. The van der Waals surface area contributed by atoms with Crippen LogP contribution in [0.25, 0.3) is 5.82 Å². The molecule has 1 aromatic carbocycles. The van der Waals surface area contributed by atoms with Gasteiger partial charge in [0, 0.05) is 30.6 Å². The summed E-state index contributed by atoms with van der Waals surface area (Å²) in [6, 6.07) is 8.20. The molecule has 1 amide bonds. The van der Waals surface area contributed by atoms with Crippen LogP contribution in [0.1, 0.15) is 42.5 Å². The number of rotatable bonds is 7. The van der Waals surface area contributed by atoms with Crippen molar-refractivity contribution in [2.75, 3.05) is 11.3 Å². The van der Waals surface area contributed by atoms with Gasteiger partial charge in [0.05, 0.1) is 16.8 Å². The van der Waals surface area contributed by atoms with Gasteiger partial charge in [-0.15, -0.1) is 4.40 Å². The molecule has 34 heavy (non-hydrogen) atoms. The molecule has 0 bridgehead atoms. The molecule has 0 aliphatic carbocycles. The lowest BCUT2D eigenvalue weighted by atomic mass is 10.1. The first-order chi connectivity index (χ1) is 16.1. The summed E-state index contributed by atoms with van der Waals surface area (Å²) in [5.41, 5.74) is 6.16. The number of amides is 1. The summed E-state index contributed by atoms with van der Waals surface area (Å²) in [4.78, 5) is 21.6. The Hall–Kier alpha value is -3.93. The molecule has 0 radical (unpaired) electrons. The minimum absolute atomic E-state index is 0.0919. The van der Waals surface area contributed by atoms with Gasteiger partial charge < -0.3 is 15.8 Å². The fraction of sp³-hybridized carbons (Fsp3) is 0.273. The second-order valence-electron chi connectivity index (χ2n) is 8.33. The van der Waals surface area contributed by atoms with Crippen molar-refractivity contribution in [2.24, 2.45) is 10.1 Å². The zero-order chi connectivity index (χ0) is 24.5. The van der Waals surface area contributed by atoms with Gasteiger partial charge in [-0.3, -0.25) is 14.1 Å². The summed E-state index contributed by atoms with van der Waals surface area (Å²) in [7, 11) is -3.89. The second kappa shape index (κ2) is 8.78. The monoisotopic (exact) mass is 483 g/mol. The van der Waals surface area contributed by atoms with Crippen LogP contribution in [-0.2, 0) is 16.6 Å². The number of nitrogens with zero attached hydrogens (tertiary/aromatic N) is 4. The van der Waals surface area contributed by atoms with Crippen LogP contribution < -0.4 is 20.5 Å². The van der Waals surface area contributed by atoms with Crippen LogP contribution in [-0.4, -0.2) is 46.8 Å². The first-order valence-electron chi connectivity index (χ1n) is 10.5. The van der Waals surface area contributed by atoms with Gasteiger partial charge >= 0.3 is 10.2 Å². The number of carbonyl (C=O) groups excluding carboxylic acids is 1. The molecular formula is C22H25N7O4S. The van der Waals surface area contributed by atoms with E-state index in [1.165, 1.54) is 0 Å². The van der Waals surface area contributed by atoms with E-state index in [4.69, 9.17) is 10.5 Å². The number of carbonyl (C=O) groups is 1. The number of pyridine rings is 1.